The van der Waals surface area contributed by atoms with Crippen LogP contribution in [0.1, 0.15) is 44.9 Å². The minimum Gasteiger partial charge on any atom is -0.352 e. The van der Waals surface area contributed by atoms with Gasteiger partial charge in [-0.1, -0.05) is 6.42 Å². The van der Waals surface area contributed by atoms with E-state index < -0.39 is 30.0 Å². The van der Waals surface area contributed by atoms with Gasteiger partial charge in [-0.2, -0.15) is 13.2 Å². The summed E-state index contributed by atoms with van der Waals surface area (Å²) in [6, 6.07) is -1.70. The van der Waals surface area contributed by atoms with Crippen LogP contribution in [-0.2, 0) is 9.59 Å². The maximum Gasteiger partial charge on any atom is 0.408 e. The first kappa shape index (κ1) is 20.3. The minimum atomic E-state index is -4.46. The van der Waals surface area contributed by atoms with Crippen LogP contribution < -0.4 is 16.4 Å². The second kappa shape index (κ2) is 7.70. The predicted octanol–water partition coefficient (Wildman–Crippen LogP) is 1.89. The van der Waals surface area contributed by atoms with Gasteiger partial charge < -0.3 is 16.4 Å². The van der Waals surface area contributed by atoms with E-state index in [1.807, 2.05) is 5.32 Å². The van der Waals surface area contributed by atoms with Gasteiger partial charge in [0.15, 0.2) is 0 Å². The standard InChI is InChI=1S/C16H24F3N3O2.ClH/c17-16(18,19)12-5-4-11(14(23)21-12)15(24)22-13-8-2-1-3-9(13)7-10(20)6-8;/h8-13H,1-7,20H2,(H,21,23)(H,22,24);1H. The van der Waals surface area contributed by atoms with Crippen molar-refractivity contribution in [3.05, 3.63) is 0 Å². The number of piperidine rings is 1. The molecular formula is C16H25ClF3N3O2. The Morgan fingerprint density at radius 2 is 1.72 bits per heavy atom. The number of fused-ring (bicyclic) bond motifs is 2. The Labute approximate surface area is 151 Å². The average Bonchev–Trinajstić information content (AvgIpc) is 2.47. The van der Waals surface area contributed by atoms with Crippen molar-refractivity contribution in [2.45, 2.75) is 69.2 Å². The molecule has 0 radical (unpaired) electrons. The molecule has 2 bridgehead atoms. The number of amides is 2. The van der Waals surface area contributed by atoms with E-state index >= 15 is 0 Å². The zero-order valence-electron chi connectivity index (χ0n) is 13.8. The first-order valence-electron chi connectivity index (χ1n) is 8.68. The molecule has 1 heterocycles. The molecular weight excluding hydrogens is 359 g/mol. The molecule has 3 aliphatic rings. The van der Waals surface area contributed by atoms with E-state index in [0.717, 1.165) is 32.1 Å². The van der Waals surface area contributed by atoms with Crippen LogP contribution in [0.3, 0.4) is 0 Å². The summed E-state index contributed by atoms with van der Waals surface area (Å²) >= 11 is 0. The molecule has 9 heteroatoms. The number of hydrogen-bond donors (Lipinski definition) is 3. The highest BCUT2D eigenvalue weighted by molar-refractivity contribution is 6.01. The summed E-state index contributed by atoms with van der Waals surface area (Å²) in [5.41, 5.74) is 6.06. The molecule has 0 aromatic rings. The minimum absolute atomic E-state index is 0. The van der Waals surface area contributed by atoms with Crippen molar-refractivity contribution in [1.29, 1.82) is 0 Å². The Kier molecular flexibility index (Phi) is 6.25. The largest absolute Gasteiger partial charge is 0.408 e. The first-order valence-corrected chi connectivity index (χ1v) is 8.68. The lowest BCUT2D eigenvalue weighted by Gasteiger charge is -2.45. The van der Waals surface area contributed by atoms with E-state index in [1.165, 1.54) is 0 Å². The fourth-order valence-corrected chi connectivity index (χ4v) is 4.59. The molecule has 0 aromatic heterocycles. The second-order valence-corrected chi connectivity index (χ2v) is 7.45. The summed E-state index contributed by atoms with van der Waals surface area (Å²) in [6.07, 6.45) is 0.0472. The SMILES string of the molecule is Cl.NC1CC2CCCC(C1)C2NC(=O)C1CCC(C(F)(F)F)NC1=O. The highest BCUT2D eigenvalue weighted by Crippen LogP contribution is 2.40. The molecule has 4 unspecified atom stereocenters. The molecule has 2 aliphatic carbocycles. The van der Waals surface area contributed by atoms with Gasteiger partial charge in [0.1, 0.15) is 12.0 Å². The summed E-state index contributed by atoms with van der Waals surface area (Å²) in [6.45, 7) is 0. The van der Waals surface area contributed by atoms with Crippen LogP contribution in [0.4, 0.5) is 13.2 Å². The smallest absolute Gasteiger partial charge is 0.352 e. The Morgan fingerprint density at radius 3 is 2.24 bits per heavy atom. The normalized spacial score (nSPS) is 38.3. The van der Waals surface area contributed by atoms with Crippen molar-refractivity contribution < 1.29 is 22.8 Å². The lowest BCUT2D eigenvalue weighted by atomic mass is 9.67. The third kappa shape index (κ3) is 4.39. The van der Waals surface area contributed by atoms with Crippen LogP contribution >= 0.6 is 12.4 Å². The Morgan fingerprint density at radius 1 is 1.12 bits per heavy atom. The highest BCUT2D eigenvalue weighted by atomic mass is 35.5. The van der Waals surface area contributed by atoms with Gasteiger partial charge in [-0.15, -0.1) is 12.4 Å². The van der Waals surface area contributed by atoms with Crippen molar-refractivity contribution in [3.8, 4) is 0 Å². The number of nitrogens with one attached hydrogen (secondary N) is 2. The molecule has 3 fully saturated rings. The number of carbonyl (C=O) groups is 2. The molecule has 2 saturated carbocycles. The molecule has 2 amide bonds. The fraction of sp³-hybridized carbons (Fsp3) is 0.875. The topological polar surface area (TPSA) is 84.2 Å². The lowest BCUT2D eigenvalue weighted by molar-refractivity contribution is -0.171. The zero-order valence-corrected chi connectivity index (χ0v) is 14.7. The molecule has 5 nitrogen and oxygen atoms in total. The van der Waals surface area contributed by atoms with Gasteiger partial charge in [-0.25, -0.2) is 0 Å². The maximum atomic E-state index is 12.7. The van der Waals surface area contributed by atoms with Gasteiger partial charge in [-0.3, -0.25) is 9.59 Å². The van der Waals surface area contributed by atoms with Crippen molar-refractivity contribution in [2.24, 2.45) is 23.5 Å². The summed E-state index contributed by atoms with van der Waals surface area (Å²) in [7, 11) is 0. The first-order chi connectivity index (χ1) is 11.3. The quantitative estimate of drug-likeness (QED) is 0.637. The summed E-state index contributed by atoms with van der Waals surface area (Å²) in [4.78, 5) is 24.4. The highest BCUT2D eigenvalue weighted by Gasteiger charge is 2.47. The number of alkyl halides is 3. The molecule has 0 aromatic carbocycles. The molecule has 0 spiro atoms. The van der Waals surface area contributed by atoms with Crippen LogP contribution in [0.5, 0.6) is 0 Å². The van der Waals surface area contributed by atoms with Crippen LogP contribution in [0.15, 0.2) is 0 Å². The van der Waals surface area contributed by atoms with Crippen molar-refractivity contribution in [2.75, 3.05) is 0 Å². The van der Waals surface area contributed by atoms with Crippen LogP contribution in [0.2, 0.25) is 0 Å². The Hall–Kier alpha value is -1.02. The van der Waals surface area contributed by atoms with E-state index in [2.05, 4.69) is 5.32 Å². The van der Waals surface area contributed by atoms with E-state index in [4.69, 9.17) is 5.73 Å². The molecule has 25 heavy (non-hydrogen) atoms. The zero-order chi connectivity index (χ0) is 17.5. The number of nitrogens with two attached hydrogens (primary N) is 1. The van der Waals surface area contributed by atoms with Gasteiger partial charge in [0.05, 0.1) is 0 Å². The van der Waals surface area contributed by atoms with Crippen molar-refractivity contribution in [1.82, 2.24) is 10.6 Å². The summed E-state index contributed by atoms with van der Waals surface area (Å²) in [5.74, 6) is -1.67. The number of rotatable bonds is 2. The molecule has 4 atom stereocenters. The van der Waals surface area contributed by atoms with Crippen LogP contribution in [0, 0.1) is 17.8 Å². The van der Waals surface area contributed by atoms with Crippen molar-refractivity contribution in [3.63, 3.8) is 0 Å². The third-order valence-corrected chi connectivity index (χ3v) is 5.77. The monoisotopic (exact) mass is 383 g/mol. The molecule has 3 rings (SSSR count). The summed E-state index contributed by atoms with van der Waals surface area (Å²) < 4.78 is 38.0. The average molecular weight is 384 g/mol. The van der Waals surface area contributed by atoms with Crippen molar-refractivity contribution >= 4 is 24.2 Å². The second-order valence-electron chi connectivity index (χ2n) is 7.45. The third-order valence-electron chi connectivity index (χ3n) is 5.77. The molecule has 144 valence electrons. The molecule has 4 N–H and O–H groups in total. The van der Waals surface area contributed by atoms with Gasteiger partial charge in [0.25, 0.3) is 0 Å². The van der Waals surface area contributed by atoms with E-state index in [0.29, 0.717) is 11.8 Å². The van der Waals surface area contributed by atoms with Gasteiger partial charge >= 0.3 is 6.18 Å². The Balaban J connectivity index is 0.00000225. The van der Waals surface area contributed by atoms with E-state index in [1.54, 1.807) is 0 Å². The summed E-state index contributed by atoms with van der Waals surface area (Å²) in [5, 5.41) is 4.90. The van der Waals surface area contributed by atoms with Gasteiger partial charge in [0.2, 0.25) is 11.8 Å². The number of hydrogen-bond acceptors (Lipinski definition) is 3. The predicted molar refractivity (Wildman–Crippen MR) is 87.9 cm³/mol. The van der Waals surface area contributed by atoms with E-state index in [9.17, 15) is 22.8 Å². The maximum absolute atomic E-state index is 12.7. The lowest BCUT2D eigenvalue weighted by Crippen LogP contribution is -2.58. The fourth-order valence-electron chi connectivity index (χ4n) is 4.59. The number of halogens is 4. The van der Waals surface area contributed by atoms with E-state index in [-0.39, 0.29) is 37.3 Å². The molecule has 1 saturated heterocycles. The van der Waals surface area contributed by atoms with Gasteiger partial charge in [0, 0.05) is 12.1 Å². The van der Waals surface area contributed by atoms with Gasteiger partial charge in [-0.05, 0) is 50.4 Å². The number of carbonyl (C=O) groups excluding carboxylic acids is 2. The molecule has 1 aliphatic heterocycles. The van der Waals surface area contributed by atoms with Crippen LogP contribution in [0.25, 0.3) is 0 Å². The Bertz CT molecular complexity index is 503. The van der Waals surface area contributed by atoms with Crippen LogP contribution in [-0.4, -0.2) is 36.1 Å².